The molecule has 0 atom stereocenters. The molecule has 0 unspecified atom stereocenters. The van der Waals surface area contributed by atoms with Gasteiger partial charge in [0.25, 0.3) is 5.91 Å². The van der Waals surface area contributed by atoms with Gasteiger partial charge in [-0.1, -0.05) is 58.4 Å². The maximum Gasteiger partial charge on any atom is 0.267 e. The van der Waals surface area contributed by atoms with Gasteiger partial charge in [0.05, 0.1) is 28.4 Å². The van der Waals surface area contributed by atoms with Crippen molar-refractivity contribution in [3.05, 3.63) is 121 Å². The van der Waals surface area contributed by atoms with Gasteiger partial charge in [-0.3, -0.25) is 9.69 Å². The van der Waals surface area contributed by atoms with E-state index in [4.69, 9.17) is 9.15 Å². The zero-order valence-corrected chi connectivity index (χ0v) is 24.3. The number of thioether (sulfide) groups is 1. The van der Waals surface area contributed by atoms with Crippen molar-refractivity contribution in [2.75, 3.05) is 0 Å². The molecule has 7 nitrogen and oxygen atoms in total. The third-order valence-corrected chi connectivity index (χ3v) is 7.64. The van der Waals surface area contributed by atoms with Gasteiger partial charge in [-0.2, -0.15) is 5.10 Å². The van der Waals surface area contributed by atoms with E-state index in [0.717, 1.165) is 15.6 Å². The molecule has 10 heteroatoms. The first-order chi connectivity index (χ1) is 19.0. The first kappa shape index (κ1) is 27.0. The summed E-state index contributed by atoms with van der Waals surface area (Å²) in [4.78, 5) is 15.2. The number of aromatic hydroxyl groups is 1. The average molecular weight is 667 g/mol. The maximum atomic E-state index is 13.3. The van der Waals surface area contributed by atoms with Crippen molar-refractivity contribution in [3.63, 3.8) is 0 Å². The van der Waals surface area contributed by atoms with E-state index in [-0.39, 0.29) is 18.2 Å². The lowest BCUT2D eigenvalue weighted by molar-refractivity contribution is -0.122. The van der Waals surface area contributed by atoms with Crippen molar-refractivity contribution in [3.8, 4) is 11.5 Å². The van der Waals surface area contributed by atoms with Crippen LogP contribution in [0, 0.1) is 0 Å². The van der Waals surface area contributed by atoms with Gasteiger partial charge in [0.2, 0.25) is 0 Å². The van der Waals surface area contributed by atoms with Crippen LogP contribution in [0.4, 0.5) is 0 Å². The fraction of sp³-hybridized carbons (Fsp3) is 0.0690. The summed E-state index contributed by atoms with van der Waals surface area (Å²) < 4.78 is 12.6. The molecule has 1 aliphatic heterocycles. The van der Waals surface area contributed by atoms with Crippen molar-refractivity contribution in [2.24, 2.45) is 10.2 Å². The molecule has 1 amide bonds. The number of ether oxygens (including phenoxy) is 1. The minimum atomic E-state index is -0.267. The molecule has 0 bridgehead atoms. The van der Waals surface area contributed by atoms with Crippen LogP contribution in [0.3, 0.4) is 0 Å². The van der Waals surface area contributed by atoms with Crippen molar-refractivity contribution in [2.45, 2.75) is 13.2 Å². The lowest BCUT2D eigenvalue weighted by atomic mass is 10.2. The normalized spacial score (nSPS) is 15.6. The first-order valence-electron chi connectivity index (χ1n) is 11.8. The quantitative estimate of drug-likeness (QED) is 0.119. The molecule has 1 aromatic heterocycles. The number of phenols is 1. The number of hydrogen-bond acceptors (Lipinski definition) is 7. The third-order valence-electron chi connectivity index (χ3n) is 5.58. The van der Waals surface area contributed by atoms with E-state index in [1.807, 2.05) is 54.6 Å². The fourth-order valence-corrected chi connectivity index (χ4v) is 5.87. The zero-order chi connectivity index (χ0) is 27.2. The standard InChI is InChI=1S/C29H21Br2N3O4S/c30-22-13-21(27(35)25(31)15-22)14-26-28(36)34(17-24-10-5-11-37-24)29(39-26)33-32-16-20-8-4-9-23(12-20)38-18-19-6-2-1-3-7-19/h1-16,35H,17-18H2/b26-14-,32-16-,33-29+. The number of benzene rings is 3. The van der Waals surface area contributed by atoms with Crippen LogP contribution in [0.2, 0.25) is 0 Å². The Balaban J connectivity index is 1.37. The third kappa shape index (κ3) is 6.89. The van der Waals surface area contributed by atoms with Crippen LogP contribution in [-0.2, 0) is 17.9 Å². The van der Waals surface area contributed by atoms with Gasteiger partial charge in [-0.25, -0.2) is 0 Å². The number of amidine groups is 1. The molecular formula is C29H21Br2N3O4S. The number of nitrogens with zero attached hydrogens (tertiary/aromatic N) is 3. The molecule has 39 heavy (non-hydrogen) atoms. The van der Waals surface area contributed by atoms with Crippen molar-refractivity contribution in [1.82, 2.24) is 4.90 Å². The largest absolute Gasteiger partial charge is 0.506 e. The second kappa shape index (κ2) is 12.5. The molecular weight excluding hydrogens is 646 g/mol. The monoisotopic (exact) mass is 665 g/mol. The Hall–Kier alpha value is -3.60. The SMILES string of the molecule is O=C1/C(=C/c2cc(Br)cc(Br)c2O)S/C(=N/N=C\c2cccc(OCc3ccccc3)c2)N1Cc1ccco1. The van der Waals surface area contributed by atoms with E-state index in [0.29, 0.717) is 38.2 Å². The van der Waals surface area contributed by atoms with E-state index in [2.05, 4.69) is 42.1 Å². The molecule has 1 N–H and O–H groups in total. The van der Waals surface area contributed by atoms with Crippen LogP contribution in [0.1, 0.15) is 22.5 Å². The van der Waals surface area contributed by atoms with E-state index >= 15 is 0 Å². The molecule has 0 aliphatic carbocycles. The number of furan rings is 1. The molecule has 1 aliphatic rings. The lowest BCUT2D eigenvalue weighted by Crippen LogP contribution is -2.28. The van der Waals surface area contributed by atoms with Crippen LogP contribution >= 0.6 is 43.6 Å². The number of rotatable bonds is 8. The molecule has 2 heterocycles. The number of amides is 1. The Labute approximate surface area is 246 Å². The van der Waals surface area contributed by atoms with Crippen LogP contribution < -0.4 is 4.74 Å². The first-order valence-corrected chi connectivity index (χ1v) is 14.2. The Bertz CT molecular complexity index is 1570. The minimum Gasteiger partial charge on any atom is -0.506 e. The molecule has 3 aromatic carbocycles. The molecule has 196 valence electrons. The molecule has 5 rings (SSSR count). The molecule has 4 aromatic rings. The summed E-state index contributed by atoms with van der Waals surface area (Å²) in [5.41, 5.74) is 2.37. The number of carbonyl (C=O) groups is 1. The fourth-order valence-electron chi connectivity index (χ4n) is 3.69. The van der Waals surface area contributed by atoms with Gasteiger partial charge in [0.15, 0.2) is 5.17 Å². The minimum absolute atomic E-state index is 0.0365. The Kier molecular flexibility index (Phi) is 8.65. The number of halogens is 2. The van der Waals surface area contributed by atoms with Gasteiger partial charge < -0.3 is 14.3 Å². The predicted octanol–water partition coefficient (Wildman–Crippen LogP) is 7.60. The van der Waals surface area contributed by atoms with Gasteiger partial charge in [-0.05, 0) is 81.3 Å². The topological polar surface area (TPSA) is 87.6 Å². The van der Waals surface area contributed by atoms with Crippen LogP contribution in [0.5, 0.6) is 11.5 Å². The summed E-state index contributed by atoms with van der Waals surface area (Å²) in [6.07, 6.45) is 4.79. The van der Waals surface area contributed by atoms with Gasteiger partial charge in [0, 0.05) is 10.0 Å². The average Bonchev–Trinajstić information content (AvgIpc) is 3.55. The molecule has 0 spiro atoms. The summed E-state index contributed by atoms with van der Waals surface area (Å²) >= 11 is 7.93. The van der Waals surface area contributed by atoms with Gasteiger partial charge in [0.1, 0.15) is 23.9 Å². The van der Waals surface area contributed by atoms with E-state index in [1.165, 1.54) is 16.7 Å². The van der Waals surface area contributed by atoms with Crippen LogP contribution in [-0.4, -0.2) is 27.3 Å². The highest BCUT2D eigenvalue weighted by Crippen LogP contribution is 2.38. The predicted molar refractivity (Wildman–Crippen MR) is 161 cm³/mol. The van der Waals surface area contributed by atoms with Crippen molar-refractivity contribution < 1.29 is 19.1 Å². The Morgan fingerprint density at radius 3 is 2.67 bits per heavy atom. The van der Waals surface area contributed by atoms with Crippen molar-refractivity contribution >= 4 is 67.0 Å². The number of carbonyl (C=O) groups excluding carboxylic acids is 1. The van der Waals surface area contributed by atoms with Gasteiger partial charge >= 0.3 is 0 Å². The summed E-state index contributed by atoms with van der Waals surface area (Å²) in [5.74, 6) is 1.09. The second-order valence-corrected chi connectivity index (χ2v) is 11.2. The summed E-state index contributed by atoms with van der Waals surface area (Å²) in [6, 6.07) is 24.5. The highest BCUT2D eigenvalue weighted by Gasteiger charge is 2.34. The van der Waals surface area contributed by atoms with Gasteiger partial charge in [-0.15, -0.1) is 5.10 Å². The van der Waals surface area contributed by atoms with E-state index in [1.54, 1.807) is 42.8 Å². The molecule has 1 fully saturated rings. The highest BCUT2D eigenvalue weighted by atomic mass is 79.9. The Morgan fingerprint density at radius 2 is 1.87 bits per heavy atom. The van der Waals surface area contributed by atoms with Crippen molar-refractivity contribution in [1.29, 1.82) is 0 Å². The highest BCUT2D eigenvalue weighted by molar-refractivity contribution is 9.11. The zero-order valence-electron chi connectivity index (χ0n) is 20.3. The summed E-state index contributed by atoms with van der Waals surface area (Å²) in [6.45, 7) is 0.658. The number of phenolic OH excluding ortho intramolecular Hbond substituents is 1. The second-order valence-electron chi connectivity index (χ2n) is 8.38. The maximum absolute atomic E-state index is 13.3. The molecule has 0 saturated carbocycles. The molecule has 1 saturated heterocycles. The summed E-state index contributed by atoms with van der Waals surface area (Å²) in [5, 5.41) is 19.5. The Morgan fingerprint density at radius 1 is 1.03 bits per heavy atom. The number of hydrogen-bond donors (Lipinski definition) is 1. The smallest absolute Gasteiger partial charge is 0.267 e. The van der Waals surface area contributed by atoms with E-state index in [9.17, 15) is 9.90 Å². The summed E-state index contributed by atoms with van der Waals surface area (Å²) in [7, 11) is 0. The lowest BCUT2D eigenvalue weighted by Gasteiger charge is -2.12. The van der Waals surface area contributed by atoms with Crippen LogP contribution in [0.15, 0.2) is 114 Å². The van der Waals surface area contributed by atoms with E-state index < -0.39 is 0 Å². The molecule has 0 radical (unpaired) electrons. The van der Waals surface area contributed by atoms with Crippen LogP contribution in [0.25, 0.3) is 6.08 Å².